The zero-order valence-corrected chi connectivity index (χ0v) is 14.2. The number of thiazole rings is 1. The summed E-state index contributed by atoms with van der Waals surface area (Å²) in [5.74, 6) is 1.34. The van der Waals surface area contributed by atoms with Crippen molar-refractivity contribution >= 4 is 47.1 Å². The van der Waals surface area contributed by atoms with Crippen LogP contribution in [0.2, 0.25) is 0 Å². The van der Waals surface area contributed by atoms with E-state index >= 15 is 0 Å². The number of halogens is 2. The predicted octanol–water partition coefficient (Wildman–Crippen LogP) is 3.30. The number of rotatable bonds is 3. The Labute approximate surface area is 140 Å². The van der Waals surface area contributed by atoms with Crippen molar-refractivity contribution in [2.75, 3.05) is 18.4 Å². The quantitative estimate of drug-likeness (QED) is 0.891. The third-order valence-corrected chi connectivity index (χ3v) is 4.17. The standard InChI is InChI=1S/C13H17N5S.2ClH/c1-9-8-19-13(17-9)18-12-11(15-6-7-16-12)10-2-4-14-5-3-10;;/h6-8,10,14H,2-5H2,1H3,(H,16,17,18);2*1H. The average Bonchev–Trinajstić information content (AvgIpc) is 2.86. The first kappa shape index (κ1) is 18.1. The Hall–Kier alpha value is -0.950. The molecule has 0 spiro atoms. The number of nitrogens with zero attached hydrogens (tertiary/aromatic N) is 3. The van der Waals surface area contributed by atoms with Gasteiger partial charge in [0.15, 0.2) is 10.9 Å². The molecular formula is C13H19Cl2N5S. The maximum absolute atomic E-state index is 4.53. The Morgan fingerprint density at radius 1 is 1.19 bits per heavy atom. The lowest BCUT2D eigenvalue weighted by molar-refractivity contribution is 0.453. The van der Waals surface area contributed by atoms with Crippen molar-refractivity contribution in [2.24, 2.45) is 0 Å². The summed E-state index contributed by atoms with van der Waals surface area (Å²) in [6.45, 7) is 4.10. The largest absolute Gasteiger partial charge is 0.317 e. The van der Waals surface area contributed by atoms with Gasteiger partial charge in [0.2, 0.25) is 0 Å². The summed E-state index contributed by atoms with van der Waals surface area (Å²) in [6, 6.07) is 0. The smallest absolute Gasteiger partial charge is 0.188 e. The number of anilines is 2. The Balaban J connectivity index is 0.00000110. The van der Waals surface area contributed by atoms with Crippen molar-refractivity contribution in [3.05, 3.63) is 29.2 Å². The lowest BCUT2D eigenvalue weighted by Crippen LogP contribution is -2.27. The lowest BCUT2D eigenvalue weighted by Gasteiger charge is -2.23. The molecule has 0 saturated carbocycles. The van der Waals surface area contributed by atoms with Crippen LogP contribution in [0.5, 0.6) is 0 Å². The second-order valence-electron chi connectivity index (χ2n) is 4.73. The van der Waals surface area contributed by atoms with E-state index in [1.165, 1.54) is 0 Å². The van der Waals surface area contributed by atoms with E-state index < -0.39 is 0 Å². The van der Waals surface area contributed by atoms with Gasteiger partial charge in [0.05, 0.1) is 11.4 Å². The molecule has 116 valence electrons. The highest BCUT2D eigenvalue weighted by atomic mass is 35.5. The lowest BCUT2D eigenvalue weighted by atomic mass is 9.94. The van der Waals surface area contributed by atoms with E-state index in [4.69, 9.17) is 0 Å². The molecule has 0 aliphatic carbocycles. The Kier molecular flexibility index (Phi) is 7.31. The fourth-order valence-electron chi connectivity index (χ4n) is 2.35. The van der Waals surface area contributed by atoms with Gasteiger partial charge in [-0.2, -0.15) is 0 Å². The van der Waals surface area contributed by atoms with E-state index in [9.17, 15) is 0 Å². The van der Waals surface area contributed by atoms with Gasteiger partial charge >= 0.3 is 0 Å². The molecule has 0 radical (unpaired) electrons. The third-order valence-electron chi connectivity index (χ3n) is 3.30. The summed E-state index contributed by atoms with van der Waals surface area (Å²) < 4.78 is 0. The molecule has 0 bridgehead atoms. The number of hydrogen-bond donors (Lipinski definition) is 2. The molecule has 1 fully saturated rings. The summed E-state index contributed by atoms with van der Waals surface area (Å²) in [5, 5.41) is 9.60. The van der Waals surface area contributed by atoms with Crippen LogP contribution in [0.4, 0.5) is 10.9 Å². The van der Waals surface area contributed by atoms with Crippen LogP contribution in [-0.4, -0.2) is 28.0 Å². The third kappa shape index (κ3) is 4.51. The molecule has 3 rings (SSSR count). The number of piperidine rings is 1. The first-order valence-corrected chi connectivity index (χ1v) is 7.41. The first-order chi connectivity index (χ1) is 9.33. The molecule has 1 aliphatic heterocycles. The van der Waals surface area contributed by atoms with Gasteiger partial charge in [0.1, 0.15) is 0 Å². The molecule has 0 unspecified atom stereocenters. The highest BCUT2D eigenvalue weighted by Crippen LogP contribution is 2.30. The molecule has 3 heterocycles. The van der Waals surface area contributed by atoms with Crippen LogP contribution in [0.25, 0.3) is 0 Å². The van der Waals surface area contributed by atoms with E-state index in [0.29, 0.717) is 5.92 Å². The molecule has 2 N–H and O–H groups in total. The molecule has 0 amide bonds. The van der Waals surface area contributed by atoms with E-state index in [1.54, 1.807) is 23.7 Å². The van der Waals surface area contributed by atoms with Crippen molar-refractivity contribution in [1.82, 2.24) is 20.3 Å². The van der Waals surface area contributed by atoms with Crippen molar-refractivity contribution in [2.45, 2.75) is 25.7 Å². The summed E-state index contributed by atoms with van der Waals surface area (Å²) in [6.07, 6.45) is 5.73. The maximum Gasteiger partial charge on any atom is 0.188 e. The van der Waals surface area contributed by atoms with Gasteiger partial charge < -0.3 is 10.6 Å². The second-order valence-corrected chi connectivity index (χ2v) is 5.59. The van der Waals surface area contributed by atoms with Gasteiger partial charge in [-0.3, -0.25) is 4.98 Å². The van der Waals surface area contributed by atoms with Gasteiger partial charge in [-0.15, -0.1) is 36.2 Å². The van der Waals surface area contributed by atoms with Crippen molar-refractivity contribution in [1.29, 1.82) is 0 Å². The minimum absolute atomic E-state index is 0. The number of hydrogen-bond acceptors (Lipinski definition) is 6. The molecule has 0 atom stereocenters. The normalized spacial score (nSPS) is 14.9. The van der Waals surface area contributed by atoms with Crippen LogP contribution >= 0.6 is 36.2 Å². The van der Waals surface area contributed by atoms with Gasteiger partial charge in [-0.05, 0) is 32.9 Å². The number of nitrogens with one attached hydrogen (secondary N) is 2. The van der Waals surface area contributed by atoms with E-state index in [2.05, 4.69) is 25.6 Å². The maximum atomic E-state index is 4.53. The van der Waals surface area contributed by atoms with Gasteiger partial charge in [0.25, 0.3) is 0 Å². The molecule has 1 saturated heterocycles. The van der Waals surface area contributed by atoms with Crippen LogP contribution in [0.3, 0.4) is 0 Å². The Morgan fingerprint density at radius 3 is 2.57 bits per heavy atom. The van der Waals surface area contributed by atoms with Crippen molar-refractivity contribution in [3.63, 3.8) is 0 Å². The molecule has 1 aliphatic rings. The molecule has 0 aromatic carbocycles. The SMILES string of the molecule is Cc1csc(Nc2nccnc2C2CCNCC2)n1.Cl.Cl. The van der Waals surface area contributed by atoms with Crippen LogP contribution in [0, 0.1) is 6.92 Å². The molecule has 5 nitrogen and oxygen atoms in total. The fourth-order valence-corrected chi connectivity index (χ4v) is 3.04. The molecular weight excluding hydrogens is 329 g/mol. The Bertz CT molecular complexity index is 557. The molecule has 8 heteroatoms. The fraction of sp³-hybridized carbons (Fsp3) is 0.462. The van der Waals surface area contributed by atoms with Gasteiger partial charge in [0, 0.05) is 23.7 Å². The summed E-state index contributed by atoms with van der Waals surface area (Å²) in [5.41, 5.74) is 2.09. The highest BCUT2D eigenvalue weighted by Gasteiger charge is 2.20. The zero-order valence-electron chi connectivity index (χ0n) is 11.7. The molecule has 2 aromatic rings. The summed E-state index contributed by atoms with van der Waals surface area (Å²) in [4.78, 5) is 13.4. The monoisotopic (exact) mass is 347 g/mol. The zero-order chi connectivity index (χ0) is 13.1. The highest BCUT2D eigenvalue weighted by molar-refractivity contribution is 7.13. The molecule has 21 heavy (non-hydrogen) atoms. The van der Waals surface area contributed by atoms with Crippen molar-refractivity contribution in [3.8, 4) is 0 Å². The second kappa shape index (κ2) is 8.48. The van der Waals surface area contributed by atoms with Gasteiger partial charge in [-0.25, -0.2) is 9.97 Å². The Morgan fingerprint density at radius 2 is 1.90 bits per heavy atom. The van der Waals surface area contributed by atoms with E-state index in [-0.39, 0.29) is 24.8 Å². The predicted molar refractivity (Wildman–Crippen MR) is 91.5 cm³/mol. The number of aromatic nitrogens is 3. The average molecular weight is 348 g/mol. The first-order valence-electron chi connectivity index (χ1n) is 6.53. The van der Waals surface area contributed by atoms with Crippen LogP contribution in [-0.2, 0) is 0 Å². The van der Waals surface area contributed by atoms with Crippen molar-refractivity contribution < 1.29 is 0 Å². The summed E-state index contributed by atoms with van der Waals surface area (Å²) >= 11 is 1.60. The van der Waals surface area contributed by atoms with Crippen LogP contribution in [0.1, 0.15) is 30.1 Å². The van der Waals surface area contributed by atoms with E-state index in [0.717, 1.165) is 48.3 Å². The van der Waals surface area contributed by atoms with E-state index in [1.807, 2.05) is 12.3 Å². The van der Waals surface area contributed by atoms with Gasteiger partial charge in [-0.1, -0.05) is 0 Å². The van der Waals surface area contributed by atoms with Crippen LogP contribution in [0.15, 0.2) is 17.8 Å². The summed E-state index contributed by atoms with van der Waals surface area (Å²) in [7, 11) is 0. The topological polar surface area (TPSA) is 62.7 Å². The minimum Gasteiger partial charge on any atom is -0.317 e. The number of aryl methyl sites for hydroxylation is 1. The minimum atomic E-state index is 0. The van der Waals surface area contributed by atoms with Crippen LogP contribution < -0.4 is 10.6 Å². The molecule has 2 aromatic heterocycles.